The van der Waals surface area contributed by atoms with Crippen molar-refractivity contribution in [2.45, 2.75) is 38.8 Å². The van der Waals surface area contributed by atoms with Gasteiger partial charge in [0.1, 0.15) is 0 Å². The second-order valence-corrected chi connectivity index (χ2v) is 5.69. The quantitative estimate of drug-likeness (QED) is 0.871. The summed E-state index contributed by atoms with van der Waals surface area (Å²) in [4.78, 5) is 0. The van der Waals surface area contributed by atoms with Crippen molar-refractivity contribution in [3.8, 4) is 0 Å². The van der Waals surface area contributed by atoms with Crippen LogP contribution in [-0.2, 0) is 6.42 Å². The van der Waals surface area contributed by atoms with E-state index in [9.17, 15) is 0 Å². The van der Waals surface area contributed by atoms with Crippen LogP contribution in [-0.4, -0.2) is 16.8 Å². The van der Waals surface area contributed by atoms with E-state index in [0.29, 0.717) is 6.04 Å². The van der Waals surface area contributed by atoms with Crippen molar-refractivity contribution in [3.05, 3.63) is 52.8 Å². The lowest BCUT2D eigenvalue weighted by atomic mass is 10.0. The van der Waals surface area contributed by atoms with E-state index in [1.165, 1.54) is 5.56 Å². The number of rotatable bonds is 6. The number of aromatic nitrogens is 2. The van der Waals surface area contributed by atoms with Gasteiger partial charge >= 0.3 is 0 Å². The van der Waals surface area contributed by atoms with Gasteiger partial charge in [0.2, 0.25) is 0 Å². The molecule has 0 saturated carbocycles. The monoisotopic (exact) mass is 291 g/mol. The minimum Gasteiger partial charge on any atom is -0.312 e. The predicted molar refractivity (Wildman–Crippen MR) is 84.2 cm³/mol. The Bertz CT molecular complexity index is 534. The summed E-state index contributed by atoms with van der Waals surface area (Å²) in [5.41, 5.74) is 2.43. The standard InChI is InChI=1S/C16H22ClN3/c1-12(2)20-16(14(17)11-19-20)15(18-3)10-9-13-7-5-4-6-8-13/h4-8,11-12,15,18H,9-10H2,1-3H3. The molecule has 20 heavy (non-hydrogen) atoms. The van der Waals surface area contributed by atoms with Crippen molar-refractivity contribution in [2.24, 2.45) is 0 Å². The summed E-state index contributed by atoms with van der Waals surface area (Å²) < 4.78 is 2.01. The van der Waals surface area contributed by atoms with Crippen LogP contribution >= 0.6 is 11.6 Å². The molecule has 1 N–H and O–H groups in total. The van der Waals surface area contributed by atoms with E-state index >= 15 is 0 Å². The number of halogens is 1. The zero-order valence-corrected chi connectivity index (χ0v) is 13.1. The summed E-state index contributed by atoms with van der Waals surface area (Å²) in [5, 5.41) is 8.49. The van der Waals surface area contributed by atoms with Crippen LogP contribution in [0.2, 0.25) is 5.02 Å². The van der Waals surface area contributed by atoms with Crippen LogP contribution in [0.15, 0.2) is 36.5 Å². The Morgan fingerprint density at radius 1 is 1.25 bits per heavy atom. The van der Waals surface area contributed by atoms with E-state index in [4.69, 9.17) is 11.6 Å². The molecule has 0 radical (unpaired) electrons. The van der Waals surface area contributed by atoms with E-state index < -0.39 is 0 Å². The molecular formula is C16H22ClN3. The molecular weight excluding hydrogens is 270 g/mol. The molecule has 108 valence electrons. The SMILES string of the molecule is CNC(CCc1ccccc1)c1c(Cl)cnn1C(C)C. The van der Waals surface area contributed by atoms with Crippen LogP contribution in [0.5, 0.6) is 0 Å². The first-order valence-corrected chi connectivity index (χ1v) is 7.45. The van der Waals surface area contributed by atoms with Gasteiger partial charge in [0.05, 0.1) is 23.0 Å². The fourth-order valence-electron chi connectivity index (χ4n) is 2.46. The van der Waals surface area contributed by atoms with Gasteiger partial charge < -0.3 is 5.32 Å². The van der Waals surface area contributed by atoms with Gasteiger partial charge in [-0.1, -0.05) is 41.9 Å². The van der Waals surface area contributed by atoms with Gasteiger partial charge in [-0.3, -0.25) is 4.68 Å². The number of nitrogens with one attached hydrogen (secondary N) is 1. The highest BCUT2D eigenvalue weighted by Crippen LogP contribution is 2.28. The number of benzene rings is 1. The number of hydrogen-bond donors (Lipinski definition) is 1. The molecule has 0 amide bonds. The van der Waals surface area contributed by atoms with E-state index in [1.807, 2.05) is 17.8 Å². The fraction of sp³-hybridized carbons (Fsp3) is 0.438. The molecule has 2 rings (SSSR count). The van der Waals surface area contributed by atoms with Gasteiger partial charge in [-0.2, -0.15) is 5.10 Å². The Balaban J connectivity index is 2.14. The predicted octanol–water partition coefficient (Wildman–Crippen LogP) is 4.01. The zero-order chi connectivity index (χ0) is 14.5. The minimum atomic E-state index is 0.215. The smallest absolute Gasteiger partial charge is 0.0834 e. The first-order valence-electron chi connectivity index (χ1n) is 7.07. The van der Waals surface area contributed by atoms with Crippen LogP contribution in [0.25, 0.3) is 0 Å². The molecule has 1 heterocycles. The second kappa shape index (κ2) is 6.91. The van der Waals surface area contributed by atoms with E-state index in [1.54, 1.807) is 6.20 Å². The fourth-order valence-corrected chi connectivity index (χ4v) is 2.72. The Kier molecular flexibility index (Phi) is 5.21. The molecule has 0 aliphatic carbocycles. The Labute approximate surface area is 126 Å². The third-order valence-corrected chi connectivity index (χ3v) is 3.81. The van der Waals surface area contributed by atoms with Gasteiger partial charge in [-0.05, 0) is 39.3 Å². The van der Waals surface area contributed by atoms with Crippen molar-refractivity contribution in [1.29, 1.82) is 0 Å². The molecule has 0 bridgehead atoms. The van der Waals surface area contributed by atoms with Gasteiger partial charge in [-0.15, -0.1) is 0 Å². The third kappa shape index (κ3) is 3.41. The van der Waals surface area contributed by atoms with E-state index in [0.717, 1.165) is 23.6 Å². The Hall–Kier alpha value is -1.32. The molecule has 1 aromatic carbocycles. The van der Waals surface area contributed by atoms with Crippen LogP contribution < -0.4 is 5.32 Å². The molecule has 0 saturated heterocycles. The van der Waals surface area contributed by atoms with Crippen LogP contribution in [0.1, 0.15) is 43.6 Å². The van der Waals surface area contributed by atoms with E-state index in [-0.39, 0.29) is 6.04 Å². The molecule has 0 aliphatic heterocycles. The highest BCUT2D eigenvalue weighted by atomic mass is 35.5. The maximum absolute atomic E-state index is 6.32. The first kappa shape index (κ1) is 15.1. The van der Waals surface area contributed by atoms with Crippen molar-refractivity contribution in [1.82, 2.24) is 15.1 Å². The van der Waals surface area contributed by atoms with Gasteiger partial charge in [0, 0.05) is 6.04 Å². The lowest BCUT2D eigenvalue weighted by Gasteiger charge is -2.20. The van der Waals surface area contributed by atoms with Gasteiger partial charge in [0.25, 0.3) is 0 Å². The molecule has 0 spiro atoms. The van der Waals surface area contributed by atoms with Crippen LogP contribution in [0.3, 0.4) is 0 Å². The summed E-state index contributed by atoms with van der Waals surface area (Å²) in [7, 11) is 1.98. The lowest BCUT2D eigenvalue weighted by Crippen LogP contribution is -2.22. The third-order valence-electron chi connectivity index (χ3n) is 3.52. The van der Waals surface area contributed by atoms with Crippen molar-refractivity contribution >= 4 is 11.6 Å². The van der Waals surface area contributed by atoms with Crippen LogP contribution in [0, 0.1) is 0 Å². The minimum absolute atomic E-state index is 0.215. The summed E-state index contributed by atoms with van der Waals surface area (Å²) >= 11 is 6.32. The van der Waals surface area contributed by atoms with Crippen molar-refractivity contribution in [2.75, 3.05) is 7.05 Å². The molecule has 3 nitrogen and oxygen atoms in total. The second-order valence-electron chi connectivity index (χ2n) is 5.28. The van der Waals surface area contributed by atoms with Crippen molar-refractivity contribution in [3.63, 3.8) is 0 Å². The number of aryl methyl sites for hydroxylation is 1. The molecule has 1 atom stereocenters. The highest BCUT2D eigenvalue weighted by molar-refractivity contribution is 6.31. The van der Waals surface area contributed by atoms with E-state index in [2.05, 4.69) is 48.5 Å². The average molecular weight is 292 g/mol. The number of hydrogen-bond acceptors (Lipinski definition) is 2. The summed E-state index contributed by atoms with van der Waals surface area (Å²) in [5.74, 6) is 0. The normalized spacial score (nSPS) is 12.8. The maximum atomic E-state index is 6.32. The lowest BCUT2D eigenvalue weighted by molar-refractivity contribution is 0.447. The summed E-state index contributed by atoms with van der Waals surface area (Å²) in [6.07, 6.45) is 3.76. The Morgan fingerprint density at radius 2 is 1.95 bits per heavy atom. The molecule has 1 aromatic heterocycles. The number of nitrogens with zero attached hydrogens (tertiary/aromatic N) is 2. The first-order chi connectivity index (χ1) is 9.63. The molecule has 0 fully saturated rings. The summed E-state index contributed by atoms with van der Waals surface area (Å²) in [6.45, 7) is 4.24. The molecule has 2 aromatic rings. The van der Waals surface area contributed by atoms with Crippen LogP contribution in [0.4, 0.5) is 0 Å². The topological polar surface area (TPSA) is 29.9 Å². The maximum Gasteiger partial charge on any atom is 0.0834 e. The zero-order valence-electron chi connectivity index (χ0n) is 12.3. The molecule has 1 unspecified atom stereocenters. The molecule has 0 aliphatic rings. The highest BCUT2D eigenvalue weighted by Gasteiger charge is 2.20. The van der Waals surface area contributed by atoms with Gasteiger partial charge in [0.15, 0.2) is 0 Å². The largest absolute Gasteiger partial charge is 0.312 e. The summed E-state index contributed by atoms with van der Waals surface area (Å²) in [6, 6.07) is 11.0. The van der Waals surface area contributed by atoms with Crippen molar-refractivity contribution < 1.29 is 0 Å². The Morgan fingerprint density at radius 3 is 2.55 bits per heavy atom. The molecule has 4 heteroatoms. The van der Waals surface area contributed by atoms with Gasteiger partial charge in [-0.25, -0.2) is 0 Å². The average Bonchev–Trinajstić information content (AvgIpc) is 2.83.